The molecule has 1 aromatic carbocycles. The van der Waals surface area contributed by atoms with Crippen molar-refractivity contribution in [3.05, 3.63) is 35.4 Å². The van der Waals surface area contributed by atoms with Crippen LogP contribution < -0.4 is 0 Å². The van der Waals surface area contributed by atoms with Crippen LogP contribution in [0.2, 0.25) is 0 Å². The van der Waals surface area contributed by atoms with Gasteiger partial charge in [-0.2, -0.15) is 0 Å². The first-order valence-electron chi connectivity index (χ1n) is 4.49. The third-order valence-electron chi connectivity index (χ3n) is 2.03. The summed E-state index contributed by atoms with van der Waals surface area (Å²) < 4.78 is 4.46. The summed E-state index contributed by atoms with van der Waals surface area (Å²) in [7, 11) is 1.28. The minimum absolute atomic E-state index is 0.0650. The quantitative estimate of drug-likeness (QED) is 0.595. The van der Waals surface area contributed by atoms with Gasteiger partial charge in [0.2, 0.25) is 0 Å². The fourth-order valence-corrected chi connectivity index (χ4v) is 1.19. The Labute approximate surface area is 88.7 Å². The Morgan fingerprint density at radius 3 is 3.00 bits per heavy atom. The van der Waals surface area contributed by atoms with Crippen molar-refractivity contribution in [1.29, 1.82) is 0 Å². The molecule has 1 rings (SSSR count). The van der Waals surface area contributed by atoms with Crippen LogP contribution in [-0.2, 0) is 9.53 Å². The van der Waals surface area contributed by atoms with Gasteiger partial charge in [0.1, 0.15) is 0 Å². The molecule has 0 saturated heterocycles. The first kappa shape index (κ1) is 11.3. The average molecular weight is 204 g/mol. The first-order chi connectivity index (χ1) is 7.17. The van der Waals surface area contributed by atoms with E-state index >= 15 is 0 Å². The Morgan fingerprint density at radius 1 is 1.67 bits per heavy atom. The lowest BCUT2D eigenvalue weighted by atomic mass is 10.0. The molecule has 1 atom stereocenters. The number of rotatable bonds is 3. The summed E-state index contributed by atoms with van der Waals surface area (Å²) in [5.41, 5.74) is 1.30. The van der Waals surface area contributed by atoms with Crippen LogP contribution in [0.1, 0.15) is 23.7 Å². The molecule has 3 heteroatoms. The van der Waals surface area contributed by atoms with Crippen molar-refractivity contribution >= 4 is 5.97 Å². The molecule has 3 nitrogen and oxygen atoms in total. The highest BCUT2D eigenvalue weighted by molar-refractivity contribution is 5.70. The van der Waals surface area contributed by atoms with Crippen molar-refractivity contribution in [1.82, 2.24) is 0 Å². The normalized spacial score (nSPS) is 11.5. The molecule has 0 aliphatic rings. The van der Waals surface area contributed by atoms with E-state index in [0.29, 0.717) is 11.1 Å². The topological polar surface area (TPSA) is 46.5 Å². The molecular weight excluding hydrogens is 192 g/mol. The van der Waals surface area contributed by atoms with Crippen LogP contribution in [0.4, 0.5) is 0 Å². The van der Waals surface area contributed by atoms with Crippen LogP contribution in [0.5, 0.6) is 0 Å². The molecule has 15 heavy (non-hydrogen) atoms. The standard InChI is InChI=1S/C12H12O3/c1-3-9-5-4-6-10(7-9)11(13)8-12(14)15-2/h1,4-7,11,13H,8H2,2H3/t11-/m0/s1. The number of hydrogen-bond acceptors (Lipinski definition) is 3. The molecule has 0 saturated carbocycles. The third-order valence-corrected chi connectivity index (χ3v) is 2.03. The van der Waals surface area contributed by atoms with Gasteiger partial charge >= 0.3 is 5.97 Å². The van der Waals surface area contributed by atoms with Crippen molar-refractivity contribution in [2.24, 2.45) is 0 Å². The summed E-state index contributed by atoms with van der Waals surface area (Å²) in [5, 5.41) is 9.67. The van der Waals surface area contributed by atoms with E-state index in [2.05, 4.69) is 10.7 Å². The van der Waals surface area contributed by atoms with Crippen molar-refractivity contribution in [3.63, 3.8) is 0 Å². The molecule has 1 aromatic rings. The maximum Gasteiger partial charge on any atom is 0.308 e. The molecule has 0 spiro atoms. The fourth-order valence-electron chi connectivity index (χ4n) is 1.19. The van der Waals surface area contributed by atoms with Crippen molar-refractivity contribution in [2.45, 2.75) is 12.5 Å². The number of carbonyl (C=O) groups excluding carboxylic acids is 1. The molecular formula is C12H12O3. The van der Waals surface area contributed by atoms with Crippen LogP contribution in [0.15, 0.2) is 24.3 Å². The van der Waals surface area contributed by atoms with Crippen LogP contribution in [-0.4, -0.2) is 18.2 Å². The molecule has 0 heterocycles. The zero-order chi connectivity index (χ0) is 11.3. The van der Waals surface area contributed by atoms with E-state index in [9.17, 15) is 9.90 Å². The van der Waals surface area contributed by atoms with E-state index in [4.69, 9.17) is 6.42 Å². The van der Waals surface area contributed by atoms with Gasteiger partial charge in [-0.15, -0.1) is 6.42 Å². The highest BCUT2D eigenvalue weighted by atomic mass is 16.5. The van der Waals surface area contributed by atoms with Gasteiger partial charge in [0.15, 0.2) is 0 Å². The number of aliphatic hydroxyl groups is 1. The van der Waals surface area contributed by atoms with Gasteiger partial charge < -0.3 is 9.84 Å². The Morgan fingerprint density at radius 2 is 2.40 bits per heavy atom. The second-order valence-electron chi connectivity index (χ2n) is 3.07. The van der Waals surface area contributed by atoms with E-state index in [1.54, 1.807) is 24.3 Å². The molecule has 0 aromatic heterocycles. The number of benzene rings is 1. The lowest BCUT2D eigenvalue weighted by molar-refractivity contribution is -0.142. The van der Waals surface area contributed by atoms with E-state index in [1.807, 2.05) is 0 Å². The average Bonchev–Trinajstić information content (AvgIpc) is 2.28. The second kappa shape index (κ2) is 5.18. The van der Waals surface area contributed by atoms with E-state index in [-0.39, 0.29) is 6.42 Å². The summed E-state index contributed by atoms with van der Waals surface area (Å²) in [6.07, 6.45) is 4.29. The molecule has 0 aliphatic carbocycles. The van der Waals surface area contributed by atoms with Crippen LogP contribution >= 0.6 is 0 Å². The zero-order valence-electron chi connectivity index (χ0n) is 8.43. The molecule has 0 fully saturated rings. The first-order valence-corrected chi connectivity index (χ1v) is 4.49. The highest BCUT2D eigenvalue weighted by Crippen LogP contribution is 2.17. The number of esters is 1. The van der Waals surface area contributed by atoms with Gasteiger partial charge in [0.05, 0.1) is 19.6 Å². The number of ether oxygens (including phenoxy) is 1. The molecule has 78 valence electrons. The van der Waals surface area contributed by atoms with Crippen molar-refractivity contribution in [3.8, 4) is 12.3 Å². The monoisotopic (exact) mass is 204 g/mol. The Balaban J connectivity index is 2.78. The molecule has 0 unspecified atom stereocenters. The Hall–Kier alpha value is -1.79. The minimum atomic E-state index is -0.870. The van der Waals surface area contributed by atoms with Gasteiger partial charge in [0.25, 0.3) is 0 Å². The predicted octanol–water partition coefficient (Wildman–Crippen LogP) is 1.26. The SMILES string of the molecule is C#Cc1cccc([C@@H](O)CC(=O)OC)c1. The summed E-state index contributed by atoms with van der Waals surface area (Å²) in [6.45, 7) is 0. The number of carbonyl (C=O) groups is 1. The smallest absolute Gasteiger partial charge is 0.308 e. The zero-order valence-corrected chi connectivity index (χ0v) is 8.43. The molecule has 0 aliphatic heterocycles. The molecule has 1 N–H and O–H groups in total. The van der Waals surface area contributed by atoms with Crippen LogP contribution in [0.3, 0.4) is 0 Å². The van der Waals surface area contributed by atoms with Crippen molar-refractivity contribution in [2.75, 3.05) is 7.11 Å². The van der Waals surface area contributed by atoms with Crippen molar-refractivity contribution < 1.29 is 14.6 Å². The second-order valence-corrected chi connectivity index (χ2v) is 3.07. The lowest BCUT2D eigenvalue weighted by Gasteiger charge is -2.09. The molecule has 0 radical (unpaired) electrons. The summed E-state index contributed by atoms with van der Waals surface area (Å²) >= 11 is 0. The third kappa shape index (κ3) is 3.12. The van der Waals surface area contributed by atoms with Gasteiger partial charge in [-0.25, -0.2) is 0 Å². The molecule has 0 bridgehead atoms. The van der Waals surface area contributed by atoms with Gasteiger partial charge in [0, 0.05) is 5.56 Å². The largest absolute Gasteiger partial charge is 0.469 e. The van der Waals surface area contributed by atoms with E-state index in [1.165, 1.54) is 7.11 Å². The summed E-state index contributed by atoms with van der Waals surface area (Å²) in [5.74, 6) is 2.01. The summed E-state index contributed by atoms with van der Waals surface area (Å²) in [6, 6.07) is 6.89. The van der Waals surface area contributed by atoms with Gasteiger partial charge in [-0.3, -0.25) is 4.79 Å². The predicted molar refractivity (Wildman–Crippen MR) is 56.0 cm³/mol. The maximum absolute atomic E-state index is 10.9. The van der Waals surface area contributed by atoms with E-state index < -0.39 is 12.1 Å². The summed E-state index contributed by atoms with van der Waals surface area (Å²) in [4.78, 5) is 10.9. The van der Waals surface area contributed by atoms with Crippen LogP contribution in [0, 0.1) is 12.3 Å². The fraction of sp³-hybridized carbons (Fsp3) is 0.250. The van der Waals surface area contributed by atoms with Crippen LogP contribution in [0.25, 0.3) is 0 Å². The minimum Gasteiger partial charge on any atom is -0.469 e. The van der Waals surface area contributed by atoms with Gasteiger partial charge in [-0.1, -0.05) is 18.1 Å². The Kier molecular flexibility index (Phi) is 3.90. The van der Waals surface area contributed by atoms with Gasteiger partial charge in [-0.05, 0) is 17.7 Å². The molecule has 0 amide bonds. The number of hydrogen-bond donors (Lipinski definition) is 1. The lowest BCUT2D eigenvalue weighted by Crippen LogP contribution is -2.08. The number of methoxy groups -OCH3 is 1. The highest BCUT2D eigenvalue weighted by Gasteiger charge is 2.13. The number of aliphatic hydroxyl groups excluding tert-OH is 1. The Bertz CT molecular complexity index is 390. The van der Waals surface area contributed by atoms with E-state index in [0.717, 1.165) is 0 Å². The number of terminal acetylenes is 1. The maximum atomic E-state index is 10.9.